The molecule has 0 saturated carbocycles. The molecule has 3 heteroatoms. The Kier molecular flexibility index (Phi) is 5.16. The summed E-state index contributed by atoms with van der Waals surface area (Å²) < 4.78 is 0. The van der Waals surface area contributed by atoms with Crippen LogP contribution < -0.4 is 11.1 Å². The molecule has 0 heterocycles. The molecule has 0 unspecified atom stereocenters. The van der Waals surface area contributed by atoms with Crippen molar-refractivity contribution in [2.75, 3.05) is 12.3 Å². The first kappa shape index (κ1) is 15.3. The summed E-state index contributed by atoms with van der Waals surface area (Å²) in [6.45, 7) is 9.31. The summed E-state index contributed by atoms with van der Waals surface area (Å²) in [5.74, 6) is 0.458. The lowest BCUT2D eigenvalue weighted by atomic mass is 9.81. The molecule has 1 aromatic rings. The first-order valence-electron chi connectivity index (χ1n) is 6.63. The van der Waals surface area contributed by atoms with Crippen LogP contribution in [0.1, 0.15) is 33.3 Å². The van der Waals surface area contributed by atoms with Gasteiger partial charge in [0.25, 0.3) is 0 Å². The van der Waals surface area contributed by atoms with E-state index in [4.69, 9.17) is 5.73 Å². The molecule has 0 aliphatic rings. The number of hydrogen-bond donors (Lipinski definition) is 2. The van der Waals surface area contributed by atoms with Crippen LogP contribution >= 0.6 is 0 Å². The summed E-state index contributed by atoms with van der Waals surface area (Å²) in [7, 11) is 0. The molecule has 104 valence electrons. The third-order valence-corrected chi connectivity index (χ3v) is 3.64. The standard InChI is InChI=1S/C16H24N2O/c1-12(2)16(3,4)11-18-15(19)10-7-13-5-8-14(17)9-6-13/h5-10,12H,11,17H2,1-4H3,(H,18,19)/b10-7+. The van der Waals surface area contributed by atoms with E-state index in [1.807, 2.05) is 24.3 Å². The van der Waals surface area contributed by atoms with Crippen LogP contribution in [-0.2, 0) is 4.79 Å². The molecule has 3 N–H and O–H groups in total. The van der Waals surface area contributed by atoms with Crippen molar-refractivity contribution >= 4 is 17.7 Å². The number of nitrogens with two attached hydrogens (primary N) is 1. The second-order valence-corrected chi connectivity index (χ2v) is 5.86. The number of carbonyl (C=O) groups is 1. The van der Waals surface area contributed by atoms with Crippen LogP contribution in [0.15, 0.2) is 30.3 Å². The molecule has 0 atom stereocenters. The lowest BCUT2D eigenvalue weighted by Crippen LogP contribution is -2.36. The average molecular weight is 260 g/mol. The maximum Gasteiger partial charge on any atom is 0.244 e. The Bertz CT molecular complexity index is 444. The van der Waals surface area contributed by atoms with Gasteiger partial charge < -0.3 is 11.1 Å². The van der Waals surface area contributed by atoms with Gasteiger partial charge in [0, 0.05) is 18.3 Å². The second kappa shape index (κ2) is 6.41. The summed E-state index contributed by atoms with van der Waals surface area (Å²) in [4.78, 5) is 11.7. The minimum absolute atomic E-state index is 0.0643. The molecule has 1 amide bonds. The van der Waals surface area contributed by atoms with Crippen molar-refractivity contribution in [2.24, 2.45) is 11.3 Å². The van der Waals surface area contributed by atoms with Crippen molar-refractivity contribution in [3.05, 3.63) is 35.9 Å². The maximum atomic E-state index is 11.7. The third-order valence-electron chi connectivity index (χ3n) is 3.64. The fourth-order valence-electron chi connectivity index (χ4n) is 1.36. The Morgan fingerprint density at radius 2 is 1.89 bits per heavy atom. The molecule has 0 radical (unpaired) electrons. The second-order valence-electron chi connectivity index (χ2n) is 5.86. The van der Waals surface area contributed by atoms with E-state index in [0.29, 0.717) is 12.5 Å². The van der Waals surface area contributed by atoms with E-state index >= 15 is 0 Å². The van der Waals surface area contributed by atoms with Gasteiger partial charge >= 0.3 is 0 Å². The number of carbonyl (C=O) groups excluding carboxylic acids is 1. The van der Waals surface area contributed by atoms with Crippen LogP contribution in [0.3, 0.4) is 0 Å². The Morgan fingerprint density at radius 3 is 2.42 bits per heavy atom. The van der Waals surface area contributed by atoms with Crippen LogP contribution in [0, 0.1) is 11.3 Å². The van der Waals surface area contributed by atoms with E-state index in [2.05, 4.69) is 33.0 Å². The molecule has 1 rings (SSSR count). The number of nitrogen functional groups attached to an aromatic ring is 1. The molecular weight excluding hydrogens is 236 g/mol. The zero-order valence-corrected chi connectivity index (χ0v) is 12.2. The first-order valence-corrected chi connectivity index (χ1v) is 6.63. The van der Waals surface area contributed by atoms with Gasteiger partial charge in [-0.25, -0.2) is 0 Å². The molecule has 0 saturated heterocycles. The lowest BCUT2D eigenvalue weighted by molar-refractivity contribution is -0.117. The highest BCUT2D eigenvalue weighted by Gasteiger charge is 2.22. The fraction of sp³-hybridized carbons (Fsp3) is 0.438. The van der Waals surface area contributed by atoms with Gasteiger partial charge in [-0.3, -0.25) is 4.79 Å². The monoisotopic (exact) mass is 260 g/mol. The van der Waals surface area contributed by atoms with Gasteiger partial charge in [-0.2, -0.15) is 0 Å². The van der Waals surface area contributed by atoms with E-state index in [-0.39, 0.29) is 11.3 Å². The van der Waals surface area contributed by atoms with Crippen LogP contribution in [-0.4, -0.2) is 12.5 Å². The Labute approximate surface area is 115 Å². The minimum atomic E-state index is -0.0643. The van der Waals surface area contributed by atoms with Crippen LogP contribution in [0.25, 0.3) is 6.08 Å². The number of hydrogen-bond acceptors (Lipinski definition) is 2. The number of rotatable bonds is 5. The summed E-state index contributed by atoms with van der Waals surface area (Å²) >= 11 is 0. The van der Waals surface area contributed by atoms with Crippen LogP contribution in [0.5, 0.6) is 0 Å². The van der Waals surface area contributed by atoms with Crippen molar-refractivity contribution in [1.29, 1.82) is 0 Å². The van der Waals surface area contributed by atoms with E-state index in [1.165, 1.54) is 0 Å². The number of benzene rings is 1. The zero-order chi connectivity index (χ0) is 14.5. The Balaban J connectivity index is 2.50. The van der Waals surface area contributed by atoms with Gasteiger partial charge in [-0.15, -0.1) is 0 Å². The smallest absolute Gasteiger partial charge is 0.244 e. The molecule has 0 aromatic heterocycles. The zero-order valence-electron chi connectivity index (χ0n) is 12.2. The van der Waals surface area contributed by atoms with E-state index in [9.17, 15) is 4.79 Å². The molecular formula is C16H24N2O. The van der Waals surface area contributed by atoms with Gasteiger partial charge in [-0.1, -0.05) is 39.8 Å². The normalized spacial score (nSPS) is 12.1. The van der Waals surface area contributed by atoms with Crippen molar-refractivity contribution < 1.29 is 4.79 Å². The van der Waals surface area contributed by atoms with Crippen molar-refractivity contribution in [1.82, 2.24) is 5.32 Å². The average Bonchev–Trinajstić information content (AvgIpc) is 2.35. The predicted molar refractivity (Wildman–Crippen MR) is 81.5 cm³/mol. The van der Waals surface area contributed by atoms with Crippen molar-refractivity contribution in [3.8, 4) is 0 Å². The highest BCUT2D eigenvalue weighted by atomic mass is 16.1. The number of nitrogens with one attached hydrogen (secondary N) is 1. The molecule has 1 aromatic carbocycles. The Hall–Kier alpha value is -1.77. The molecule has 0 spiro atoms. The predicted octanol–water partition coefficient (Wildman–Crippen LogP) is 3.08. The van der Waals surface area contributed by atoms with E-state index in [1.54, 1.807) is 12.2 Å². The first-order chi connectivity index (χ1) is 8.81. The molecule has 0 fully saturated rings. The quantitative estimate of drug-likeness (QED) is 0.631. The minimum Gasteiger partial charge on any atom is -0.399 e. The van der Waals surface area contributed by atoms with Gasteiger partial charge in [0.05, 0.1) is 0 Å². The molecule has 0 aliphatic carbocycles. The van der Waals surface area contributed by atoms with Crippen molar-refractivity contribution in [2.45, 2.75) is 27.7 Å². The topological polar surface area (TPSA) is 55.1 Å². The fourth-order valence-corrected chi connectivity index (χ4v) is 1.36. The summed E-state index contributed by atoms with van der Waals surface area (Å²) in [5, 5.41) is 2.94. The lowest BCUT2D eigenvalue weighted by Gasteiger charge is -2.29. The Morgan fingerprint density at radius 1 is 1.32 bits per heavy atom. The maximum absolute atomic E-state index is 11.7. The summed E-state index contributed by atoms with van der Waals surface area (Å²) in [5.41, 5.74) is 7.39. The summed E-state index contributed by atoms with van der Waals surface area (Å²) in [6.07, 6.45) is 3.35. The number of amides is 1. The van der Waals surface area contributed by atoms with Crippen molar-refractivity contribution in [3.63, 3.8) is 0 Å². The molecule has 3 nitrogen and oxygen atoms in total. The third kappa shape index (κ3) is 5.16. The highest BCUT2D eigenvalue weighted by Crippen LogP contribution is 2.24. The van der Waals surface area contributed by atoms with Gasteiger partial charge in [-0.05, 0) is 35.1 Å². The SMILES string of the molecule is CC(C)C(C)(C)CNC(=O)/C=C/c1ccc(N)cc1. The van der Waals surface area contributed by atoms with Crippen LogP contribution in [0.2, 0.25) is 0 Å². The van der Waals surface area contributed by atoms with Gasteiger partial charge in [0.15, 0.2) is 0 Å². The number of anilines is 1. The molecule has 0 aliphatic heterocycles. The summed E-state index contributed by atoms with van der Waals surface area (Å²) in [6, 6.07) is 7.41. The highest BCUT2D eigenvalue weighted by molar-refractivity contribution is 5.91. The van der Waals surface area contributed by atoms with Gasteiger partial charge in [0.1, 0.15) is 0 Å². The van der Waals surface area contributed by atoms with Crippen LogP contribution in [0.4, 0.5) is 5.69 Å². The molecule has 0 bridgehead atoms. The molecule has 19 heavy (non-hydrogen) atoms. The largest absolute Gasteiger partial charge is 0.399 e. The van der Waals surface area contributed by atoms with E-state index in [0.717, 1.165) is 11.3 Å². The van der Waals surface area contributed by atoms with E-state index < -0.39 is 0 Å². The van der Waals surface area contributed by atoms with Gasteiger partial charge in [0.2, 0.25) is 5.91 Å².